The van der Waals surface area contributed by atoms with Crippen molar-refractivity contribution in [3.05, 3.63) is 0 Å². The molecule has 2 N–H and O–H groups in total. The third-order valence-electron chi connectivity index (χ3n) is 4.28. The van der Waals surface area contributed by atoms with Gasteiger partial charge in [0.05, 0.1) is 0 Å². The summed E-state index contributed by atoms with van der Waals surface area (Å²) in [4.78, 5) is 14.3. The Hall–Kier alpha value is -0.570. The highest BCUT2D eigenvalue weighted by Crippen LogP contribution is 2.27. The van der Waals surface area contributed by atoms with Crippen LogP contribution in [0.15, 0.2) is 0 Å². The van der Waals surface area contributed by atoms with Crippen molar-refractivity contribution in [1.29, 1.82) is 0 Å². The van der Waals surface area contributed by atoms with Crippen molar-refractivity contribution < 1.29 is 4.79 Å². The predicted molar refractivity (Wildman–Crippen MR) is 64.9 cm³/mol. The Kier molecular flexibility index (Phi) is 3.85. The molecule has 2 unspecified atom stereocenters. The van der Waals surface area contributed by atoms with Gasteiger partial charge >= 0.3 is 0 Å². The van der Waals surface area contributed by atoms with E-state index in [9.17, 15) is 4.79 Å². The standard InChI is InChI=1S/C13H24N2O/c1-10-7-8-15(9-12(10)14)13(16)11-5-3-2-4-6-11/h10-12H,2-9,14H2,1H3. The monoisotopic (exact) mass is 224 g/mol. The fraction of sp³-hybridized carbons (Fsp3) is 0.923. The van der Waals surface area contributed by atoms with Gasteiger partial charge in [-0.25, -0.2) is 0 Å². The van der Waals surface area contributed by atoms with Crippen LogP contribution in [0, 0.1) is 11.8 Å². The second-order valence-corrected chi connectivity index (χ2v) is 5.55. The lowest BCUT2D eigenvalue weighted by Crippen LogP contribution is -2.51. The summed E-state index contributed by atoms with van der Waals surface area (Å²) < 4.78 is 0. The number of nitrogens with two attached hydrogens (primary N) is 1. The summed E-state index contributed by atoms with van der Waals surface area (Å²) in [5.41, 5.74) is 6.04. The average Bonchev–Trinajstić information content (AvgIpc) is 2.33. The Labute approximate surface area is 98.4 Å². The third kappa shape index (κ3) is 2.57. The van der Waals surface area contributed by atoms with Crippen LogP contribution in [-0.2, 0) is 4.79 Å². The molecule has 2 atom stereocenters. The van der Waals surface area contributed by atoms with Crippen molar-refractivity contribution >= 4 is 5.91 Å². The summed E-state index contributed by atoms with van der Waals surface area (Å²) in [6.07, 6.45) is 7.03. The summed E-state index contributed by atoms with van der Waals surface area (Å²) in [6, 6.07) is 0.182. The van der Waals surface area contributed by atoms with Crippen molar-refractivity contribution in [3.8, 4) is 0 Å². The van der Waals surface area contributed by atoms with E-state index in [1.54, 1.807) is 0 Å². The maximum Gasteiger partial charge on any atom is 0.225 e. The first-order chi connectivity index (χ1) is 7.68. The van der Waals surface area contributed by atoms with Crippen LogP contribution >= 0.6 is 0 Å². The SMILES string of the molecule is CC1CCN(C(=O)C2CCCCC2)CC1N. The van der Waals surface area contributed by atoms with E-state index in [1.165, 1.54) is 19.3 Å². The van der Waals surface area contributed by atoms with Gasteiger partial charge in [-0.3, -0.25) is 4.79 Å². The number of piperidine rings is 1. The number of hydrogen-bond acceptors (Lipinski definition) is 2. The van der Waals surface area contributed by atoms with E-state index in [-0.39, 0.29) is 6.04 Å². The molecule has 0 aromatic rings. The molecule has 2 aliphatic rings. The highest BCUT2D eigenvalue weighted by Gasteiger charge is 2.30. The minimum Gasteiger partial charge on any atom is -0.341 e. The lowest BCUT2D eigenvalue weighted by atomic mass is 9.87. The van der Waals surface area contributed by atoms with Crippen LogP contribution in [0.4, 0.5) is 0 Å². The third-order valence-corrected chi connectivity index (χ3v) is 4.28. The van der Waals surface area contributed by atoms with Crippen molar-refractivity contribution in [1.82, 2.24) is 4.90 Å². The number of amides is 1. The molecule has 0 spiro atoms. The molecule has 1 saturated carbocycles. The van der Waals surface area contributed by atoms with Crippen LogP contribution in [-0.4, -0.2) is 29.9 Å². The fourth-order valence-corrected chi connectivity index (χ4v) is 2.91. The highest BCUT2D eigenvalue weighted by atomic mass is 16.2. The van der Waals surface area contributed by atoms with Gasteiger partial charge in [0.2, 0.25) is 5.91 Å². The topological polar surface area (TPSA) is 46.3 Å². The predicted octanol–water partition coefficient (Wildman–Crippen LogP) is 1.76. The normalized spacial score (nSPS) is 32.8. The first-order valence-corrected chi connectivity index (χ1v) is 6.73. The van der Waals surface area contributed by atoms with Crippen LogP contribution in [0.25, 0.3) is 0 Å². The molecule has 2 rings (SSSR count). The molecule has 1 aliphatic heterocycles. The number of carbonyl (C=O) groups excluding carboxylic acids is 1. The van der Waals surface area contributed by atoms with Crippen LogP contribution in [0.3, 0.4) is 0 Å². The Morgan fingerprint density at radius 3 is 2.50 bits per heavy atom. The molecule has 0 radical (unpaired) electrons. The molecule has 3 nitrogen and oxygen atoms in total. The van der Waals surface area contributed by atoms with Gasteiger partial charge in [-0.2, -0.15) is 0 Å². The molecular weight excluding hydrogens is 200 g/mol. The number of rotatable bonds is 1. The van der Waals surface area contributed by atoms with Crippen LogP contribution in [0.2, 0.25) is 0 Å². The van der Waals surface area contributed by atoms with E-state index in [0.29, 0.717) is 17.7 Å². The Morgan fingerprint density at radius 2 is 1.88 bits per heavy atom. The molecule has 2 fully saturated rings. The van der Waals surface area contributed by atoms with Crippen LogP contribution in [0.5, 0.6) is 0 Å². The van der Waals surface area contributed by atoms with Gasteiger partial charge < -0.3 is 10.6 Å². The highest BCUT2D eigenvalue weighted by molar-refractivity contribution is 5.79. The van der Waals surface area contributed by atoms with Gasteiger partial charge in [0.25, 0.3) is 0 Å². The Balaban J connectivity index is 1.89. The zero-order valence-electron chi connectivity index (χ0n) is 10.3. The molecule has 1 saturated heterocycles. The zero-order valence-corrected chi connectivity index (χ0v) is 10.3. The Morgan fingerprint density at radius 1 is 1.19 bits per heavy atom. The van der Waals surface area contributed by atoms with Gasteiger partial charge in [0.1, 0.15) is 0 Å². The molecule has 1 amide bonds. The summed E-state index contributed by atoms with van der Waals surface area (Å²) in [5.74, 6) is 1.24. The minimum atomic E-state index is 0.182. The van der Waals surface area contributed by atoms with Gasteiger partial charge in [0.15, 0.2) is 0 Å². The lowest BCUT2D eigenvalue weighted by Gasteiger charge is -2.37. The van der Waals surface area contributed by atoms with Gasteiger partial charge in [-0.1, -0.05) is 26.2 Å². The molecule has 3 heteroatoms. The molecule has 1 aliphatic carbocycles. The number of nitrogens with zero attached hydrogens (tertiary/aromatic N) is 1. The largest absolute Gasteiger partial charge is 0.341 e. The quantitative estimate of drug-likeness (QED) is 0.737. The average molecular weight is 224 g/mol. The second-order valence-electron chi connectivity index (χ2n) is 5.55. The van der Waals surface area contributed by atoms with E-state index >= 15 is 0 Å². The summed E-state index contributed by atoms with van der Waals surface area (Å²) in [7, 11) is 0. The van der Waals surface area contributed by atoms with E-state index in [2.05, 4.69) is 6.92 Å². The van der Waals surface area contributed by atoms with Gasteiger partial charge in [-0.05, 0) is 25.2 Å². The minimum absolute atomic E-state index is 0.182. The van der Waals surface area contributed by atoms with Crippen molar-refractivity contribution in [2.45, 2.75) is 51.5 Å². The van der Waals surface area contributed by atoms with Crippen molar-refractivity contribution in [2.75, 3.05) is 13.1 Å². The van der Waals surface area contributed by atoms with Crippen LogP contribution in [0.1, 0.15) is 45.4 Å². The van der Waals surface area contributed by atoms with Gasteiger partial charge in [0, 0.05) is 25.0 Å². The lowest BCUT2D eigenvalue weighted by molar-refractivity contribution is -0.138. The molecule has 1 heterocycles. The maximum absolute atomic E-state index is 12.3. The molecule has 16 heavy (non-hydrogen) atoms. The number of hydrogen-bond donors (Lipinski definition) is 1. The first kappa shape index (κ1) is 11.9. The van der Waals surface area contributed by atoms with Crippen molar-refractivity contribution in [2.24, 2.45) is 17.6 Å². The maximum atomic E-state index is 12.3. The molecule has 0 aromatic carbocycles. The second kappa shape index (κ2) is 5.17. The summed E-state index contributed by atoms with van der Waals surface area (Å²) in [5, 5.41) is 0. The van der Waals surface area contributed by atoms with Gasteiger partial charge in [-0.15, -0.1) is 0 Å². The van der Waals surface area contributed by atoms with E-state index in [1.807, 2.05) is 4.90 Å². The first-order valence-electron chi connectivity index (χ1n) is 6.73. The molecule has 92 valence electrons. The molecule has 0 aromatic heterocycles. The smallest absolute Gasteiger partial charge is 0.225 e. The van der Waals surface area contributed by atoms with Crippen LogP contribution < -0.4 is 5.73 Å². The fourth-order valence-electron chi connectivity index (χ4n) is 2.91. The number of likely N-dealkylation sites (tertiary alicyclic amines) is 1. The number of carbonyl (C=O) groups is 1. The van der Waals surface area contributed by atoms with E-state index in [0.717, 1.165) is 32.4 Å². The zero-order chi connectivity index (χ0) is 11.5. The molecule has 0 bridgehead atoms. The summed E-state index contributed by atoms with van der Waals surface area (Å²) in [6.45, 7) is 3.88. The summed E-state index contributed by atoms with van der Waals surface area (Å²) >= 11 is 0. The van der Waals surface area contributed by atoms with E-state index in [4.69, 9.17) is 5.73 Å². The Bertz CT molecular complexity index is 248. The van der Waals surface area contributed by atoms with E-state index < -0.39 is 0 Å². The van der Waals surface area contributed by atoms with Crippen molar-refractivity contribution in [3.63, 3.8) is 0 Å². The molecular formula is C13H24N2O.